The monoisotopic (exact) mass is 259 g/mol. The van der Waals surface area contributed by atoms with Gasteiger partial charge in [-0.25, -0.2) is 4.98 Å². The van der Waals surface area contributed by atoms with Crippen LogP contribution >= 0.6 is 11.6 Å². The molecule has 1 aromatic heterocycles. The first-order chi connectivity index (χ1) is 8.20. The molecule has 5 nitrogen and oxygen atoms in total. The standard InChI is InChI=1S/C11H18ClN3O2/c1-15(4-6-17-7-5-16)11-10(12)9(8-13)2-3-14-11/h2-3,16H,4-8,13H2,1H3. The fourth-order valence-electron chi connectivity index (χ4n) is 1.37. The van der Waals surface area contributed by atoms with E-state index in [-0.39, 0.29) is 6.61 Å². The summed E-state index contributed by atoms with van der Waals surface area (Å²) in [4.78, 5) is 6.12. The average Bonchev–Trinajstić information content (AvgIpc) is 2.34. The molecule has 0 atom stereocenters. The summed E-state index contributed by atoms with van der Waals surface area (Å²) in [6.07, 6.45) is 1.69. The summed E-state index contributed by atoms with van der Waals surface area (Å²) in [6, 6.07) is 1.81. The molecule has 6 heteroatoms. The minimum Gasteiger partial charge on any atom is -0.394 e. The average molecular weight is 260 g/mol. The molecule has 0 amide bonds. The lowest BCUT2D eigenvalue weighted by Crippen LogP contribution is -2.24. The summed E-state index contributed by atoms with van der Waals surface area (Å²) in [5.74, 6) is 0.696. The molecule has 0 aliphatic heterocycles. The van der Waals surface area contributed by atoms with Gasteiger partial charge in [0.1, 0.15) is 5.82 Å². The Balaban J connectivity index is 2.59. The Bertz CT molecular complexity index is 349. The van der Waals surface area contributed by atoms with E-state index in [9.17, 15) is 0 Å². The van der Waals surface area contributed by atoms with Crippen LogP contribution in [0.2, 0.25) is 5.02 Å². The number of ether oxygens (including phenoxy) is 1. The molecule has 0 radical (unpaired) electrons. The van der Waals surface area contributed by atoms with E-state index < -0.39 is 0 Å². The Labute approximate surface area is 106 Å². The smallest absolute Gasteiger partial charge is 0.147 e. The highest BCUT2D eigenvalue weighted by Crippen LogP contribution is 2.25. The molecule has 0 saturated heterocycles. The van der Waals surface area contributed by atoms with Crippen molar-refractivity contribution in [1.29, 1.82) is 0 Å². The molecule has 0 spiro atoms. The van der Waals surface area contributed by atoms with Crippen LogP contribution < -0.4 is 10.6 Å². The van der Waals surface area contributed by atoms with Gasteiger partial charge in [-0.3, -0.25) is 0 Å². The Hall–Kier alpha value is -0.880. The van der Waals surface area contributed by atoms with Gasteiger partial charge in [-0.1, -0.05) is 11.6 Å². The van der Waals surface area contributed by atoms with Gasteiger partial charge in [0.15, 0.2) is 0 Å². The quantitative estimate of drug-likeness (QED) is 0.703. The van der Waals surface area contributed by atoms with Gasteiger partial charge in [0.25, 0.3) is 0 Å². The number of nitrogens with zero attached hydrogens (tertiary/aromatic N) is 2. The van der Waals surface area contributed by atoms with Crippen LogP contribution in [-0.2, 0) is 11.3 Å². The number of aliphatic hydroxyl groups excluding tert-OH is 1. The van der Waals surface area contributed by atoms with Gasteiger partial charge in [0, 0.05) is 26.3 Å². The lowest BCUT2D eigenvalue weighted by Gasteiger charge is -2.20. The van der Waals surface area contributed by atoms with Crippen LogP contribution in [0.1, 0.15) is 5.56 Å². The lowest BCUT2D eigenvalue weighted by atomic mass is 10.2. The Morgan fingerprint density at radius 1 is 1.53 bits per heavy atom. The number of halogens is 1. The molecular weight excluding hydrogens is 242 g/mol. The Morgan fingerprint density at radius 3 is 2.94 bits per heavy atom. The fourth-order valence-corrected chi connectivity index (χ4v) is 1.70. The first-order valence-corrected chi connectivity index (χ1v) is 5.81. The second-order valence-electron chi connectivity index (χ2n) is 3.57. The molecule has 0 saturated carbocycles. The maximum Gasteiger partial charge on any atom is 0.147 e. The minimum atomic E-state index is 0.0331. The van der Waals surface area contributed by atoms with Crippen LogP contribution in [0.15, 0.2) is 12.3 Å². The van der Waals surface area contributed by atoms with Gasteiger partial charge >= 0.3 is 0 Å². The molecule has 1 aromatic rings. The summed E-state index contributed by atoms with van der Waals surface area (Å²) in [7, 11) is 1.89. The van der Waals surface area contributed by atoms with Gasteiger partial charge < -0.3 is 20.5 Å². The molecule has 1 rings (SSSR count). The second-order valence-corrected chi connectivity index (χ2v) is 3.95. The third kappa shape index (κ3) is 4.12. The van der Waals surface area contributed by atoms with Crippen molar-refractivity contribution >= 4 is 17.4 Å². The van der Waals surface area contributed by atoms with Crippen LogP contribution in [0.25, 0.3) is 0 Å². The molecule has 0 unspecified atom stereocenters. The number of hydrogen-bond acceptors (Lipinski definition) is 5. The maximum atomic E-state index is 8.57. The summed E-state index contributed by atoms with van der Waals surface area (Å²) in [5.41, 5.74) is 6.45. The van der Waals surface area contributed by atoms with Crippen LogP contribution in [0.4, 0.5) is 5.82 Å². The summed E-state index contributed by atoms with van der Waals surface area (Å²) in [6.45, 7) is 1.94. The van der Waals surface area contributed by atoms with Crippen LogP contribution in [0.5, 0.6) is 0 Å². The van der Waals surface area contributed by atoms with Crippen LogP contribution in [0.3, 0.4) is 0 Å². The zero-order chi connectivity index (χ0) is 12.7. The van der Waals surface area contributed by atoms with E-state index in [1.54, 1.807) is 6.20 Å². The minimum absolute atomic E-state index is 0.0331. The highest BCUT2D eigenvalue weighted by atomic mass is 35.5. The van der Waals surface area contributed by atoms with Crippen molar-refractivity contribution in [3.63, 3.8) is 0 Å². The van der Waals surface area contributed by atoms with E-state index in [1.807, 2.05) is 18.0 Å². The van der Waals surface area contributed by atoms with E-state index in [1.165, 1.54) is 0 Å². The lowest BCUT2D eigenvalue weighted by molar-refractivity contribution is 0.0970. The largest absolute Gasteiger partial charge is 0.394 e. The van der Waals surface area contributed by atoms with Gasteiger partial charge in [-0.2, -0.15) is 0 Å². The summed E-state index contributed by atoms with van der Waals surface area (Å²) in [5, 5.41) is 9.16. The summed E-state index contributed by atoms with van der Waals surface area (Å²) >= 11 is 6.18. The number of nitrogens with two attached hydrogens (primary N) is 1. The van der Waals surface area contributed by atoms with Crippen molar-refractivity contribution in [2.45, 2.75) is 6.54 Å². The van der Waals surface area contributed by atoms with Crippen LogP contribution in [-0.4, -0.2) is 43.5 Å². The van der Waals surface area contributed by atoms with Crippen molar-refractivity contribution in [2.24, 2.45) is 5.73 Å². The topological polar surface area (TPSA) is 71.6 Å². The molecule has 0 aliphatic rings. The van der Waals surface area contributed by atoms with Crippen molar-refractivity contribution in [1.82, 2.24) is 4.98 Å². The SMILES string of the molecule is CN(CCOCCO)c1nccc(CN)c1Cl. The second kappa shape index (κ2) is 7.45. The highest BCUT2D eigenvalue weighted by molar-refractivity contribution is 6.33. The molecule has 0 aliphatic carbocycles. The Kier molecular flexibility index (Phi) is 6.21. The van der Waals surface area contributed by atoms with E-state index in [2.05, 4.69) is 4.98 Å². The van der Waals surface area contributed by atoms with Crippen molar-refractivity contribution in [3.8, 4) is 0 Å². The molecule has 96 valence electrons. The molecule has 3 N–H and O–H groups in total. The number of anilines is 1. The Morgan fingerprint density at radius 2 is 2.29 bits per heavy atom. The van der Waals surface area contributed by atoms with Crippen molar-refractivity contribution in [2.75, 3.05) is 38.3 Å². The van der Waals surface area contributed by atoms with Gasteiger partial charge in [-0.15, -0.1) is 0 Å². The van der Waals surface area contributed by atoms with Gasteiger partial charge in [-0.05, 0) is 11.6 Å². The van der Waals surface area contributed by atoms with Crippen molar-refractivity contribution in [3.05, 3.63) is 22.8 Å². The molecular formula is C11H18ClN3O2. The third-order valence-electron chi connectivity index (χ3n) is 2.34. The normalized spacial score (nSPS) is 10.6. The summed E-state index contributed by atoms with van der Waals surface area (Å²) < 4.78 is 5.18. The van der Waals surface area contributed by atoms with Gasteiger partial charge in [0.05, 0.1) is 24.8 Å². The third-order valence-corrected chi connectivity index (χ3v) is 2.75. The number of rotatable bonds is 7. The molecule has 0 aromatic carbocycles. The van der Waals surface area contributed by atoms with Crippen LogP contribution in [0, 0.1) is 0 Å². The number of aliphatic hydroxyl groups is 1. The molecule has 17 heavy (non-hydrogen) atoms. The molecule has 1 heterocycles. The van der Waals surface area contributed by atoms with Crippen molar-refractivity contribution < 1.29 is 9.84 Å². The fraction of sp³-hybridized carbons (Fsp3) is 0.545. The molecule has 0 fully saturated rings. The maximum absolute atomic E-state index is 8.57. The van der Waals surface area contributed by atoms with E-state index in [0.717, 1.165) is 5.56 Å². The van der Waals surface area contributed by atoms with E-state index in [0.29, 0.717) is 37.1 Å². The predicted octanol–water partition coefficient (Wildman–Crippen LogP) is 0.639. The van der Waals surface area contributed by atoms with Gasteiger partial charge in [0.2, 0.25) is 0 Å². The van der Waals surface area contributed by atoms with E-state index in [4.69, 9.17) is 27.2 Å². The number of pyridine rings is 1. The first kappa shape index (κ1) is 14.2. The molecule has 0 bridgehead atoms. The predicted molar refractivity (Wildman–Crippen MR) is 68.3 cm³/mol. The zero-order valence-corrected chi connectivity index (χ0v) is 10.7. The number of likely N-dealkylation sites (N-methyl/N-ethyl adjacent to an activating group) is 1. The van der Waals surface area contributed by atoms with E-state index >= 15 is 0 Å². The highest BCUT2D eigenvalue weighted by Gasteiger charge is 2.10. The first-order valence-electron chi connectivity index (χ1n) is 5.44. The number of hydrogen-bond donors (Lipinski definition) is 2. The number of aromatic nitrogens is 1. The zero-order valence-electron chi connectivity index (χ0n) is 9.90.